The summed E-state index contributed by atoms with van der Waals surface area (Å²) in [4.78, 5) is 4.87. The van der Waals surface area contributed by atoms with E-state index >= 15 is 0 Å². The molecule has 0 N–H and O–H groups in total. The maximum Gasteiger partial charge on any atom is 0.0782 e. The number of hydrogen-bond donors (Lipinski definition) is 0. The molecule has 0 aliphatic heterocycles. The fourth-order valence-corrected chi connectivity index (χ4v) is 2.52. The molecular weight excluding hydrogens is 322 g/mol. The van der Waals surface area contributed by atoms with Crippen molar-refractivity contribution < 1.29 is 0 Å². The fraction of sp³-hybridized carbons (Fsp3) is 0. The summed E-state index contributed by atoms with van der Waals surface area (Å²) < 4.78 is 0.995. The zero-order valence-electron chi connectivity index (χ0n) is 11.4. The van der Waals surface area contributed by atoms with Crippen molar-refractivity contribution in [1.82, 2.24) is 0 Å². The SMILES string of the molecule is Brc1ccccc1N=C(c1ccccc1)c1ccccc1. The summed E-state index contributed by atoms with van der Waals surface area (Å²) in [5.74, 6) is 0. The highest BCUT2D eigenvalue weighted by Gasteiger charge is 2.07. The second kappa shape index (κ2) is 6.51. The molecule has 0 unspecified atom stereocenters. The first kappa shape index (κ1) is 13.8. The molecule has 1 nitrogen and oxygen atoms in total. The van der Waals surface area contributed by atoms with Crippen molar-refractivity contribution in [3.8, 4) is 0 Å². The Labute approximate surface area is 133 Å². The van der Waals surface area contributed by atoms with Gasteiger partial charge in [-0.15, -0.1) is 0 Å². The zero-order valence-corrected chi connectivity index (χ0v) is 13.0. The van der Waals surface area contributed by atoms with Crippen LogP contribution in [0.3, 0.4) is 0 Å². The van der Waals surface area contributed by atoms with Crippen LogP contribution < -0.4 is 0 Å². The Hall–Kier alpha value is -2.19. The van der Waals surface area contributed by atoms with E-state index in [4.69, 9.17) is 4.99 Å². The summed E-state index contributed by atoms with van der Waals surface area (Å²) in [5.41, 5.74) is 4.13. The largest absolute Gasteiger partial charge is 0.247 e. The van der Waals surface area contributed by atoms with Gasteiger partial charge in [0.1, 0.15) is 0 Å². The molecule has 0 amide bonds. The molecule has 0 saturated carbocycles. The van der Waals surface area contributed by atoms with E-state index in [2.05, 4.69) is 40.2 Å². The summed E-state index contributed by atoms with van der Waals surface area (Å²) in [5, 5.41) is 0. The van der Waals surface area contributed by atoms with Gasteiger partial charge in [0, 0.05) is 15.6 Å². The summed E-state index contributed by atoms with van der Waals surface area (Å²) in [6.07, 6.45) is 0. The lowest BCUT2D eigenvalue weighted by Gasteiger charge is -2.08. The van der Waals surface area contributed by atoms with Crippen LogP contribution in [0.2, 0.25) is 0 Å². The van der Waals surface area contributed by atoms with Gasteiger partial charge < -0.3 is 0 Å². The number of para-hydroxylation sites is 1. The number of nitrogens with zero attached hydrogens (tertiary/aromatic N) is 1. The van der Waals surface area contributed by atoms with Crippen molar-refractivity contribution in [2.75, 3.05) is 0 Å². The minimum Gasteiger partial charge on any atom is -0.247 e. The van der Waals surface area contributed by atoms with Crippen LogP contribution in [0.1, 0.15) is 11.1 Å². The number of aliphatic imine (C=N–C) groups is 1. The predicted octanol–water partition coefficient (Wildman–Crippen LogP) is 5.62. The van der Waals surface area contributed by atoms with Crippen LogP contribution in [0, 0.1) is 0 Å². The molecule has 0 aliphatic carbocycles. The second-order valence-corrected chi connectivity index (χ2v) is 5.50. The third-order valence-corrected chi connectivity index (χ3v) is 3.85. The van der Waals surface area contributed by atoms with Crippen molar-refractivity contribution in [3.63, 3.8) is 0 Å². The molecule has 3 rings (SSSR count). The van der Waals surface area contributed by atoms with Gasteiger partial charge in [0.15, 0.2) is 0 Å². The van der Waals surface area contributed by atoms with E-state index < -0.39 is 0 Å². The standard InChI is InChI=1S/C19H14BrN/c20-17-13-7-8-14-18(17)21-19(15-9-3-1-4-10-15)16-11-5-2-6-12-16/h1-14H. The van der Waals surface area contributed by atoms with Crippen LogP contribution >= 0.6 is 15.9 Å². The molecule has 21 heavy (non-hydrogen) atoms. The van der Waals surface area contributed by atoms with Crippen molar-refractivity contribution in [1.29, 1.82) is 0 Å². The van der Waals surface area contributed by atoms with Crippen molar-refractivity contribution in [2.24, 2.45) is 4.99 Å². The molecule has 102 valence electrons. The third kappa shape index (κ3) is 3.29. The van der Waals surface area contributed by atoms with Crippen LogP contribution in [0.4, 0.5) is 5.69 Å². The second-order valence-electron chi connectivity index (χ2n) is 4.64. The number of halogens is 1. The Morgan fingerprint density at radius 2 is 1.10 bits per heavy atom. The lowest BCUT2D eigenvalue weighted by molar-refractivity contribution is 1.45. The van der Waals surface area contributed by atoms with Gasteiger partial charge in [-0.05, 0) is 28.1 Å². The topological polar surface area (TPSA) is 12.4 Å². The quantitative estimate of drug-likeness (QED) is 0.551. The van der Waals surface area contributed by atoms with E-state index in [-0.39, 0.29) is 0 Å². The Bertz CT molecular complexity index is 707. The third-order valence-electron chi connectivity index (χ3n) is 3.18. The van der Waals surface area contributed by atoms with E-state index in [1.807, 2.05) is 60.7 Å². The average Bonchev–Trinajstić information content (AvgIpc) is 2.56. The van der Waals surface area contributed by atoms with E-state index in [1.54, 1.807) is 0 Å². The molecule has 0 atom stereocenters. The predicted molar refractivity (Wildman–Crippen MR) is 92.3 cm³/mol. The Kier molecular flexibility index (Phi) is 4.27. The van der Waals surface area contributed by atoms with Crippen LogP contribution in [0.15, 0.2) is 94.4 Å². The average molecular weight is 336 g/mol. The molecule has 3 aromatic rings. The van der Waals surface area contributed by atoms with Gasteiger partial charge in [-0.1, -0.05) is 72.8 Å². The van der Waals surface area contributed by atoms with Crippen molar-refractivity contribution in [3.05, 3.63) is 101 Å². The normalized spacial score (nSPS) is 10.1. The van der Waals surface area contributed by atoms with Crippen molar-refractivity contribution >= 4 is 27.3 Å². The van der Waals surface area contributed by atoms with Crippen LogP contribution in [0.5, 0.6) is 0 Å². The molecule has 2 heteroatoms. The molecule has 0 spiro atoms. The van der Waals surface area contributed by atoms with Gasteiger partial charge >= 0.3 is 0 Å². The van der Waals surface area contributed by atoms with Gasteiger partial charge in [-0.3, -0.25) is 0 Å². The highest BCUT2D eigenvalue weighted by atomic mass is 79.9. The van der Waals surface area contributed by atoms with Gasteiger partial charge in [-0.25, -0.2) is 4.99 Å². The van der Waals surface area contributed by atoms with E-state index in [0.29, 0.717) is 0 Å². The Balaban J connectivity index is 2.16. The maximum absolute atomic E-state index is 4.87. The minimum atomic E-state index is 0.931. The lowest BCUT2D eigenvalue weighted by Crippen LogP contribution is -2.02. The Morgan fingerprint density at radius 3 is 1.62 bits per heavy atom. The number of benzene rings is 3. The summed E-state index contributed by atoms with van der Waals surface area (Å²) >= 11 is 3.56. The molecule has 0 heterocycles. The molecule has 0 radical (unpaired) electrons. The van der Waals surface area contributed by atoms with Crippen LogP contribution in [-0.4, -0.2) is 5.71 Å². The zero-order chi connectivity index (χ0) is 14.5. The summed E-state index contributed by atoms with van der Waals surface area (Å²) in [7, 11) is 0. The number of rotatable bonds is 3. The minimum absolute atomic E-state index is 0.931. The maximum atomic E-state index is 4.87. The van der Waals surface area contributed by atoms with E-state index in [1.165, 1.54) is 0 Å². The monoisotopic (exact) mass is 335 g/mol. The van der Waals surface area contributed by atoms with E-state index in [0.717, 1.165) is 27.0 Å². The highest BCUT2D eigenvalue weighted by Crippen LogP contribution is 2.26. The van der Waals surface area contributed by atoms with Crippen LogP contribution in [0.25, 0.3) is 0 Å². The molecule has 0 saturated heterocycles. The van der Waals surface area contributed by atoms with Crippen molar-refractivity contribution in [2.45, 2.75) is 0 Å². The number of hydrogen-bond acceptors (Lipinski definition) is 1. The summed E-state index contributed by atoms with van der Waals surface area (Å²) in [6, 6.07) is 28.5. The smallest absolute Gasteiger partial charge is 0.0782 e. The molecule has 0 aliphatic rings. The summed E-state index contributed by atoms with van der Waals surface area (Å²) in [6.45, 7) is 0. The van der Waals surface area contributed by atoms with E-state index in [9.17, 15) is 0 Å². The lowest BCUT2D eigenvalue weighted by atomic mass is 10.0. The van der Waals surface area contributed by atoms with Gasteiger partial charge in [0.05, 0.1) is 11.4 Å². The first-order valence-corrected chi connectivity index (χ1v) is 7.58. The fourth-order valence-electron chi connectivity index (χ4n) is 2.15. The molecule has 0 bridgehead atoms. The molecular formula is C19H14BrN. The molecule has 0 fully saturated rings. The first-order valence-electron chi connectivity index (χ1n) is 6.78. The van der Waals surface area contributed by atoms with Gasteiger partial charge in [-0.2, -0.15) is 0 Å². The van der Waals surface area contributed by atoms with Crippen LogP contribution in [-0.2, 0) is 0 Å². The first-order chi connectivity index (χ1) is 10.3. The highest BCUT2D eigenvalue weighted by molar-refractivity contribution is 9.10. The molecule has 0 aromatic heterocycles. The van der Waals surface area contributed by atoms with Gasteiger partial charge in [0.2, 0.25) is 0 Å². The molecule has 3 aromatic carbocycles. The Morgan fingerprint density at radius 1 is 0.619 bits per heavy atom. The van der Waals surface area contributed by atoms with Gasteiger partial charge in [0.25, 0.3) is 0 Å².